The van der Waals surface area contributed by atoms with Gasteiger partial charge in [0.2, 0.25) is 5.28 Å². The summed E-state index contributed by atoms with van der Waals surface area (Å²) in [6.45, 7) is 0.799. The monoisotopic (exact) mass is 226 g/mol. The van der Waals surface area contributed by atoms with Crippen LogP contribution in [-0.4, -0.2) is 22.4 Å². The van der Waals surface area contributed by atoms with Crippen LogP contribution in [0.2, 0.25) is 5.28 Å². The Morgan fingerprint density at radius 3 is 3.00 bits per heavy atom. The van der Waals surface area contributed by atoms with E-state index >= 15 is 0 Å². The van der Waals surface area contributed by atoms with Crippen LogP contribution in [-0.2, 0) is 0 Å². The fourth-order valence-electron chi connectivity index (χ4n) is 1.24. The Labute approximate surface area is 92.0 Å². The average molecular weight is 227 g/mol. The van der Waals surface area contributed by atoms with Crippen molar-refractivity contribution in [1.82, 2.24) is 9.97 Å². The molecule has 6 heteroatoms. The molecule has 0 unspecified atom stereocenters. The van der Waals surface area contributed by atoms with Crippen molar-refractivity contribution in [1.29, 1.82) is 0 Å². The van der Waals surface area contributed by atoms with Gasteiger partial charge in [0, 0.05) is 12.7 Å². The Balaban J connectivity index is 2.16. The first kappa shape index (κ1) is 10.2. The van der Waals surface area contributed by atoms with Crippen LogP contribution >= 0.6 is 11.6 Å². The number of anilines is 1. The fraction of sp³-hybridized carbons (Fsp3) is 0.444. The highest BCUT2D eigenvalue weighted by Gasteiger charge is 2.22. The van der Waals surface area contributed by atoms with E-state index in [9.17, 15) is 4.79 Å². The van der Waals surface area contributed by atoms with Gasteiger partial charge in [0.1, 0.15) is 5.82 Å². The molecule has 0 aliphatic heterocycles. The molecular weight excluding hydrogens is 216 g/mol. The third-order valence-corrected chi connectivity index (χ3v) is 2.46. The lowest BCUT2D eigenvalue weighted by Gasteiger charge is -2.07. The highest BCUT2D eigenvalue weighted by atomic mass is 35.5. The van der Waals surface area contributed by atoms with E-state index in [4.69, 9.17) is 17.3 Å². The summed E-state index contributed by atoms with van der Waals surface area (Å²) in [5.74, 6) is 0.554. The molecule has 5 nitrogen and oxygen atoms in total. The van der Waals surface area contributed by atoms with E-state index in [-0.39, 0.29) is 10.8 Å². The predicted octanol–water partition coefficient (Wildman–Crippen LogP) is 1.05. The second-order valence-electron chi connectivity index (χ2n) is 3.59. The zero-order chi connectivity index (χ0) is 10.8. The molecule has 0 spiro atoms. The van der Waals surface area contributed by atoms with Crippen molar-refractivity contribution in [3.05, 3.63) is 17.0 Å². The van der Waals surface area contributed by atoms with Crippen LogP contribution in [0.15, 0.2) is 6.20 Å². The van der Waals surface area contributed by atoms with Gasteiger partial charge >= 0.3 is 0 Å². The van der Waals surface area contributed by atoms with Crippen molar-refractivity contribution < 1.29 is 4.79 Å². The average Bonchev–Trinajstić information content (AvgIpc) is 2.97. The molecular formula is C9H11ClN4O. The Morgan fingerprint density at radius 2 is 2.40 bits per heavy atom. The molecule has 80 valence electrons. The fourth-order valence-corrected chi connectivity index (χ4v) is 1.37. The lowest BCUT2D eigenvalue weighted by atomic mass is 10.3. The van der Waals surface area contributed by atoms with Crippen LogP contribution in [0, 0.1) is 5.92 Å². The number of rotatable bonds is 4. The highest BCUT2D eigenvalue weighted by Crippen LogP contribution is 2.29. The maximum absolute atomic E-state index is 11.1. The number of nitrogens with zero attached hydrogens (tertiary/aromatic N) is 2. The lowest BCUT2D eigenvalue weighted by Crippen LogP contribution is -2.17. The molecule has 0 saturated heterocycles. The first-order chi connectivity index (χ1) is 7.16. The van der Waals surface area contributed by atoms with E-state index in [1.165, 1.54) is 19.0 Å². The number of aromatic nitrogens is 2. The molecule has 0 bridgehead atoms. The van der Waals surface area contributed by atoms with Gasteiger partial charge in [-0.25, -0.2) is 4.98 Å². The first-order valence-electron chi connectivity index (χ1n) is 4.73. The lowest BCUT2D eigenvalue weighted by molar-refractivity contribution is 0.100. The second kappa shape index (κ2) is 4.02. The van der Waals surface area contributed by atoms with Gasteiger partial charge in [-0.1, -0.05) is 0 Å². The van der Waals surface area contributed by atoms with Crippen molar-refractivity contribution in [2.45, 2.75) is 12.8 Å². The summed E-state index contributed by atoms with van der Waals surface area (Å²) < 4.78 is 0. The minimum absolute atomic E-state index is 0.110. The molecule has 0 atom stereocenters. The number of nitrogens with two attached hydrogens (primary N) is 1. The Kier molecular flexibility index (Phi) is 2.73. The number of carbonyl (C=O) groups excluding carboxylic acids is 1. The Hall–Kier alpha value is -1.36. The van der Waals surface area contributed by atoms with E-state index in [1.807, 2.05) is 0 Å². The molecule has 1 heterocycles. The summed E-state index contributed by atoms with van der Waals surface area (Å²) in [5, 5.41) is 3.17. The molecule has 0 aromatic carbocycles. The van der Waals surface area contributed by atoms with Crippen LogP contribution < -0.4 is 11.1 Å². The SMILES string of the molecule is NC(=O)c1cnc(Cl)nc1NCC1CC1. The van der Waals surface area contributed by atoms with Crippen LogP contribution in [0.5, 0.6) is 0 Å². The summed E-state index contributed by atoms with van der Waals surface area (Å²) >= 11 is 5.64. The van der Waals surface area contributed by atoms with E-state index in [1.54, 1.807) is 0 Å². The summed E-state index contributed by atoms with van der Waals surface area (Å²) in [6.07, 6.45) is 3.78. The standard InChI is InChI=1S/C9H11ClN4O/c10-9-13-4-6(7(11)15)8(14-9)12-3-5-1-2-5/h4-5H,1-3H2,(H2,11,15)(H,12,13,14). The zero-order valence-electron chi connectivity index (χ0n) is 8.03. The van der Waals surface area contributed by atoms with Crippen LogP contribution in [0.4, 0.5) is 5.82 Å². The number of hydrogen-bond acceptors (Lipinski definition) is 4. The molecule has 2 rings (SSSR count). The maximum Gasteiger partial charge on any atom is 0.254 e. The second-order valence-corrected chi connectivity index (χ2v) is 3.93. The maximum atomic E-state index is 11.1. The third kappa shape index (κ3) is 2.56. The summed E-state index contributed by atoms with van der Waals surface area (Å²) in [7, 11) is 0. The molecule has 1 aromatic heterocycles. The van der Waals surface area contributed by atoms with Crippen LogP contribution in [0.25, 0.3) is 0 Å². The number of primary amides is 1. The normalized spacial score (nSPS) is 15.0. The molecule has 1 amide bonds. The van der Waals surface area contributed by atoms with Crippen molar-refractivity contribution in [3.8, 4) is 0 Å². The van der Waals surface area contributed by atoms with E-state index in [2.05, 4.69) is 15.3 Å². The minimum Gasteiger partial charge on any atom is -0.369 e. The molecule has 1 aliphatic rings. The number of carbonyl (C=O) groups is 1. The third-order valence-electron chi connectivity index (χ3n) is 2.28. The van der Waals surface area contributed by atoms with E-state index in [0.29, 0.717) is 11.7 Å². The van der Waals surface area contributed by atoms with E-state index < -0.39 is 5.91 Å². The molecule has 0 radical (unpaired) electrons. The van der Waals surface area contributed by atoms with Gasteiger partial charge in [0.15, 0.2) is 0 Å². The van der Waals surface area contributed by atoms with Gasteiger partial charge < -0.3 is 11.1 Å². The number of nitrogens with one attached hydrogen (secondary N) is 1. The van der Waals surface area contributed by atoms with Gasteiger partial charge in [-0.3, -0.25) is 4.79 Å². The van der Waals surface area contributed by atoms with Crippen LogP contribution in [0.1, 0.15) is 23.2 Å². The molecule has 1 aromatic rings. The number of hydrogen-bond donors (Lipinski definition) is 2. The van der Waals surface area contributed by atoms with Gasteiger partial charge in [-0.05, 0) is 30.4 Å². The topological polar surface area (TPSA) is 80.9 Å². The van der Waals surface area contributed by atoms with Gasteiger partial charge in [-0.2, -0.15) is 4.98 Å². The molecule has 15 heavy (non-hydrogen) atoms. The molecule has 3 N–H and O–H groups in total. The van der Waals surface area contributed by atoms with Crippen LogP contribution in [0.3, 0.4) is 0 Å². The first-order valence-corrected chi connectivity index (χ1v) is 5.11. The van der Waals surface area contributed by atoms with Crippen molar-refractivity contribution in [2.75, 3.05) is 11.9 Å². The molecule has 1 saturated carbocycles. The molecule has 1 fully saturated rings. The minimum atomic E-state index is -0.551. The van der Waals surface area contributed by atoms with Crippen molar-refractivity contribution in [2.24, 2.45) is 11.7 Å². The quantitative estimate of drug-likeness (QED) is 0.752. The van der Waals surface area contributed by atoms with Gasteiger partial charge in [0.25, 0.3) is 5.91 Å². The zero-order valence-corrected chi connectivity index (χ0v) is 8.79. The van der Waals surface area contributed by atoms with Gasteiger partial charge in [-0.15, -0.1) is 0 Å². The Bertz CT molecular complexity index is 392. The Morgan fingerprint density at radius 1 is 1.67 bits per heavy atom. The number of halogens is 1. The summed E-state index contributed by atoms with van der Waals surface area (Å²) in [4.78, 5) is 18.7. The van der Waals surface area contributed by atoms with Crippen molar-refractivity contribution in [3.63, 3.8) is 0 Å². The summed E-state index contributed by atoms with van der Waals surface area (Å²) in [5.41, 5.74) is 5.46. The summed E-state index contributed by atoms with van der Waals surface area (Å²) in [6, 6.07) is 0. The largest absolute Gasteiger partial charge is 0.369 e. The van der Waals surface area contributed by atoms with Crippen molar-refractivity contribution >= 4 is 23.3 Å². The highest BCUT2D eigenvalue weighted by molar-refractivity contribution is 6.28. The van der Waals surface area contributed by atoms with E-state index in [0.717, 1.165) is 6.54 Å². The smallest absolute Gasteiger partial charge is 0.254 e. The van der Waals surface area contributed by atoms with Gasteiger partial charge in [0.05, 0.1) is 5.56 Å². The number of amides is 1. The predicted molar refractivity (Wildman–Crippen MR) is 56.8 cm³/mol. The molecule has 1 aliphatic carbocycles.